The van der Waals surface area contributed by atoms with Gasteiger partial charge in [-0.25, -0.2) is 0 Å². The predicted molar refractivity (Wildman–Crippen MR) is 275 cm³/mol. The maximum Gasteiger partial charge on any atom is 0.0586 e. The molecule has 2 heterocycles. The summed E-state index contributed by atoms with van der Waals surface area (Å²) in [5, 5.41) is 4.94. The molecule has 0 N–H and O–H groups in total. The first-order valence-corrected chi connectivity index (χ1v) is 24.3. The van der Waals surface area contributed by atoms with E-state index >= 15 is 0 Å². The fraction of sp³-hybridized carbons (Fsp3) is 0.100. The van der Waals surface area contributed by atoms with Gasteiger partial charge in [-0.3, -0.25) is 0 Å². The van der Waals surface area contributed by atoms with E-state index in [1.54, 1.807) is 0 Å². The smallest absolute Gasteiger partial charge is 0.0586 e. The van der Waals surface area contributed by atoms with Crippen LogP contribution in [-0.4, -0.2) is 12.5 Å². The van der Waals surface area contributed by atoms with Gasteiger partial charge in [0.15, 0.2) is 0 Å². The van der Waals surface area contributed by atoms with Crippen LogP contribution in [0.15, 0.2) is 210 Å². The summed E-state index contributed by atoms with van der Waals surface area (Å²) in [6.45, 7) is 11.4. The van der Waals surface area contributed by atoms with E-state index in [4.69, 9.17) is 0 Å². The Labute approximate surface area is 373 Å². The minimum Gasteiger partial charge on any atom is -0.309 e. The van der Waals surface area contributed by atoms with Crippen molar-refractivity contribution in [3.05, 3.63) is 228 Å². The molecule has 8 aromatic carbocycles. The summed E-state index contributed by atoms with van der Waals surface area (Å²) < 4.78 is 0. The van der Waals surface area contributed by atoms with Gasteiger partial charge in [-0.2, -0.15) is 10.0 Å². The molecule has 0 saturated heterocycles. The number of benzene rings is 8. The molecule has 3 heteroatoms. The molecule has 0 saturated carbocycles. The van der Waals surface area contributed by atoms with Crippen LogP contribution in [0.4, 0.5) is 34.1 Å². The molecule has 0 spiro atoms. The average Bonchev–Trinajstić information content (AvgIpc) is 3.40. The van der Waals surface area contributed by atoms with Crippen molar-refractivity contribution in [1.29, 1.82) is 0 Å². The summed E-state index contributed by atoms with van der Waals surface area (Å²) in [7, 11) is -1.16. The zero-order valence-corrected chi connectivity index (χ0v) is 37.4. The molecule has 0 atom stereocenters. The van der Waals surface area contributed by atoms with E-state index in [1.807, 2.05) is 0 Å². The van der Waals surface area contributed by atoms with E-state index in [9.17, 15) is 0 Å². The normalized spacial score (nSPS) is 17.3. The number of para-hydroxylation sites is 4. The highest BCUT2D eigenvalue weighted by molar-refractivity contribution is 8.33. The van der Waals surface area contributed by atoms with Crippen LogP contribution in [0, 0.1) is 0 Å². The zero-order valence-electron chi connectivity index (χ0n) is 36.6. The molecule has 8 aromatic rings. The van der Waals surface area contributed by atoms with E-state index in [0.29, 0.717) is 0 Å². The van der Waals surface area contributed by atoms with Crippen molar-refractivity contribution >= 4 is 89.5 Å². The number of hydrogen-bond donors (Lipinski definition) is 0. The van der Waals surface area contributed by atoms with E-state index in [0.717, 1.165) is 16.8 Å². The Morgan fingerprint density at radius 3 is 1.73 bits per heavy atom. The molecule has 0 aromatic heterocycles. The van der Waals surface area contributed by atoms with Gasteiger partial charge in [-0.15, -0.1) is 0 Å². The SMILES string of the molecule is C=C(C=C1/C(=C\C)c2ccc(N3c4ccccc4S(C)(C)c4ccccc43)cc2C1(C)C)/C=C/c1ccc2c(ccc3cc(N4c5ccccc5C=Cc5ccccc54)ccc32)c1. The molecular formula is C60H50N2S. The third-order valence-electron chi connectivity index (χ3n) is 13.5. The molecule has 63 heavy (non-hydrogen) atoms. The number of allylic oxidation sites excluding steroid dienone is 6. The Bertz CT molecular complexity index is 3240. The second kappa shape index (κ2) is 14.8. The number of rotatable bonds is 5. The molecule has 2 aliphatic heterocycles. The Kier molecular flexibility index (Phi) is 9.11. The lowest BCUT2D eigenvalue weighted by atomic mass is 9.81. The summed E-state index contributed by atoms with van der Waals surface area (Å²) in [5.74, 6) is 0. The van der Waals surface area contributed by atoms with Gasteiger partial charge in [0.25, 0.3) is 0 Å². The lowest BCUT2D eigenvalue weighted by Crippen LogP contribution is -2.21. The molecular weight excluding hydrogens is 781 g/mol. The lowest BCUT2D eigenvalue weighted by molar-refractivity contribution is 0.660. The first kappa shape index (κ1) is 38.8. The minimum absolute atomic E-state index is 0.218. The van der Waals surface area contributed by atoms with E-state index in [-0.39, 0.29) is 5.41 Å². The van der Waals surface area contributed by atoms with Crippen molar-refractivity contribution in [3.63, 3.8) is 0 Å². The van der Waals surface area contributed by atoms with Crippen LogP contribution in [-0.2, 0) is 5.41 Å². The van der Waals surface area contributed by atoms with Crippen LogP contribution in [0.1, 0.15) is 48.6 Å². The second-order valence-electron chi connectivity index (χ2n) is 17.9. The van der Waals surface area contributed by atoms with Crippen LogP contribution in [0.25, 0.3) is 45.3 Å². The number of anilines is 6. The third kappa shape index (κ3) is 6.25. The number of fused-ring (bicyclic) bond motifs is 8. The van der Waals surface area contributed by atoms with Gasteiger partial charge in [0.1, 0.15) is 0 Å². The quantitative estimate of drug-likeness (QED) is 0.126. The van der Waals surface area contributed by atoms with Gasteiger partial charge in [-0.05, 0) is 152 Å². The molecule has 2 nitrogen and oxygen atoms in total. The summed E-state index contributed by atoms with van der Waals surface area (Å²) in [5.41, 5.74) is 16.8. The predicted octanol–water partition coefficient (Wildman–Crippen LogP) is 17.1. The Morgan fingerprint density at radius 1 is 0.571 bits per heavy atom. The fourth-order valence-electron chi connectivity index (χ4n) is 10.3. The highest BCUT2D eigenvalue weighted by atomic mass is 32.3. The van der Waals surface area contributed by atoms with Gasteiger partial charge < -0.3 is 9.80 Å². The van der Waals surface area contributed by atoms with Crippen LogP contribution in [0.5, 0.6) is 0 Å². The number of nitrogens with zero attached hydrogens (tertiary/aromatic N) is 2. The molecule has 3 aliphatic rings. The first-order valence-electron chi connectivity index (χ1n) is 21.9. The average molecular weight is 831 g/mol. The Morgan fingerprint density at radius 2 is 1.10 bits per heavy atom. The van der Waals surface area contributed by atoms with Crippen molar-refractivity contribution in [1.82, 2.24) is 0 Å². The molecule has 11 rings (SSSR count). The van der Waals surface area contributed by atoms with Crippen LogP contribution >= 0.6 is 10.0 Å². The third-order valence-corrected chi connectivity index (χ3v) is 16.4. The second-order valence-corrected chi connectivity index (χ2v) is 21.4. The van der Waals surface area contributed by atoms with Gasteiger partial charge >= 0.3 is 0 Å². The number of hydrogen-bond acceptors (Lipinski definition) is 2. The van der Waals surface area contributed by atoms with E-state index in [2.05, 4.69) is 250 Å². The molecule has 0 fully saturated rings. The monoisotopic (exact) mass is 830 g/mol. The summed E-state index contributed by atoms with van der Waals surface area (Å²) in [6, 6.07) is 60.5. The maximum atomic E-state index is 4.56. The van der Waals surface area contributed by atoms with Crippen LogP contribution in [0.3, 0.4) is 0 Å². The summed E-state index contributed by atoms with van der Waals surface area (Å²) in [6.07, 6.45) is 18.2. The first-order chi connectivity index (χ1) is 30.6. The lowest BCUT2D eigenvalue weighted by Gasteiger charge is -2.45. The van der Waals surface area contributed by atoms with Gasteiger partial charge in [-0.1, -0.05) is 154 Å². The fourth-order valence-corrected chi connectivity index (χ4v) is 12.7. The molecule has 0 amide bonds. The molecule has 1 aliphatic carbocycles. The molecule has 0 unspecified atom stereocenters. The molecule has 0 radical (unpaired) electrons. The highest BCUT2D eigenvalue weighted by Gasteiger charge is 2.39. The Balaban J connectivity index is 0.883. The van der Waals surface area contributed by atoms with Gasteiger partial charge in [0.05, 0.1) is 22.7 Å². The maximum absolute atomic E-state index is 4.56. The summed E-state index contributed by atoms with van der Waals surface area (Å²) >= 11 is 0. The topological polar surface area (TPSA) is 6.48 Å². The van der Waals surface area contributed by atoms with Crippen molar-refractivity contribution in [2.45, 2.75) is 36.0 Å². The molecule has 0 bridgehead atoms. The van der Waals surface area contributed by atoms with Gasteiger partial charge in [0.2, 0.25) is 0 Å². The van der Waals surface area contributed by atoms with E-state index in [1.165, 1.54) is 93.2 Å². The van der Waals surface area contributed by atoms with E-state index < -0.39 is 10.0 Å². The van der Waals surface area contributed by atoms with Crippen molar-refractivity contribution in [3.8, 4) is 0 Å². The van der Waals surface area contributed by atoms with Gasteiger partial charge in [0, 0.05) is 26.6 Å². The Hall–Kier alpha value is -7.07. The van der Waals surface area contributed by atoms with Crippen LogP contribution in [0.2, 0.25) is 0 Å². The standard InChI is InChI=1S/C60H50N2S/c1-7-48-51-35-32-47(62-56-20-12-14-22-58(56)63(5,6)59-23-15-13-21-57(59)62)39-53(51)60(3,4)52(48)36-40(2)24-25-41-26-33-49-44(37-41)29-30-45-38-46(31-34-50(45)49)61-54-18-10-8-16-42(54)27-28-43-17-9-11-19-55(43)61/h7-39H,2H2,1,3-6H3/b25-24+,48-7-,52-36?. The zero-order chi connectivity index (χ0) is 43.0. The minimum atomic E-state index is -1.16. The largest absolute Gasteiger partial charge is 0.309 e. The summed E-state index contributed by atoms with van der Waals surface area (Å²) in [4.78, 5) is 7.72. The molecule has 306 valence electrons. The van der Waals surface area contributed by atoms with Crippen molar-refractivity contribution in [2.75, 3.05) is 22.3 Å². The highest BCUT2D eigenvalue weighted by Crippen LogP contribution is 2.67. The van der Waals surface area contributed by atoms with Crippen molar-refractivity contribution < 1.29 is 0 Å². The van der Waals surface area contributed by atoms with Crippen LogP contribution < -0.4 is 9.80 Å². The van der Waals surface area contributed by atoms with Crippen molar-refractivity contribution in [2.24, 2.45) is 0 Å².